The van der Waals surface area contributed by atoms with Crippen LogP contribution in [0.15, 0.2) is 18.2 Å². The van der Waals surface area contributed by atoms with Crippen LogP contribution in [0.25, 0.3) is 0 Å². The van der Waals surface area contributed by atoms with E-state index in [0.29, 0.717) is 6.42 Å². The summed E-state index contributed by atoms with van der Waals surface area (Å²) in [6.07, 6.45) is 6.08. The second-order valence-corrected chi connectivity index (χ2v) is 5.71. The van der Waals surface area contributed by atoms with Gasteiger partial charge in [-0.25, -0.2) is 8.78 Å². The van der Waals surface area contributed by atoms with Crippen LogP contribution in [0.1, 0.15) is 57.1 Å². The Morgan fingerprint density at radius 2 is 2.05 bits per heavy atom. The van der Waals surface area contributed by atoms with Crippen LogP contribution in [0.2, 0.25) is 0 Å². The van der Waals surface area contributed by atoms with Crippen molar-refractivity contribution in [2.24, 2.45) is 0 Å². The fraction of sp³-hybridized carbons (Fsp3) is 0.647. The first-order valence-electron chi connectivity index (χ1n) is 8.01. The molecule has 1 N–H and O–H groups in total. The van der Waals surface area contributed by atoms with Gasteiger partial charge in [0.05, 0.1) is 6.10 Å². The Balaban J connectivity index is 2.02. The summed E-state index contributed by atoms with van der Waals surface area (Å²) >= 11 is 0. The van der Waals surface area contributed by atoms with Crippen LogP contribution < -0.4 is 5.32 Å². The number of halogens is 2. The molecule has 1 fully saturated rings. The third-order valence-corrected chi connectivity index (χ3v) is 4.04. The summed E-state index contributed by atoms with van der Waals surface area (Å²) < 4.78 is 33.7. The summed E-state index contributed by atoms with van der Waals surface area (Å²) in [5.41, 5.74) is 0.168. The van der Waals surface area contributed by atoms with Crippen LogP contribution in [0.5, 0.6) is 0 Å². The highest BCUT2D eigenvalue weighted by Crippen LogP contribution is 2.27. The van der Waals surface area contributed by atoms with Crippen molar-refractivity contribution < 1.29 is 13.5 Å². The molecule has 1 heterocycles. The highest BCUT2D eigenvalue weighted by Gasteiger charge is 2.22. The molecule has 0 bridgehead atoms. The molecule has 2 atom stereocenters. The van der Waals surface area contributed by atoms with E-state index in [0.717, 1.165) is 38.8 Å². The summed E-state index contributed by atoms with van der Waals surface area (Å²) in [5.74, 6) is -0.929. The van der Waals surface area contributed by atoms with Crippen LogP contribution in [-0.4, -0.2) is 19.3 Å². The van der Waals surface area contributed by atoms with Crippen LogP contribution in [0, 0.1) is 11.6 Å². The third-order valence-electron chi connectivity index (χ3n) is 4.04. The zero-order valence-corrected chi connectivity index (χ0v) is 12.7. The number of benzene rings is 1. The van der Waals surface area contributed by atoms with Crippen LogP contribution >= 0.6 is 0 Å². The first-order chi connectivity index (χ1) is 10.2. The maximum absolute atomic E-state index is 14.0. The largest absolute Gasteiger partial charge is 0.378 e. The highest BCUT2D eigenvalue weighted by atomic mass is 19.1. The van der Waals surface area contributed by atoms with Crippen molar-refractivity contribution in [3.8, 4) is 0 Å². The molecule has 0 aromatic heterocycles. The summed E-state index contributed by atoms with van der Waals surface area (Å²) in [7, 11) is 0. The minimum absolute atomic E-state index is 0.168. The van der Waals surface area contributed by atoms with E-state index >= 15 is 0 Å². The van der Waals surface area contributed by atoms with Crippen molar-refractivity contribution in [2.75, 3.05) is 13.2 Å². The lowest BCUT2D eigenvalue weighted by Crippen LogP contribution is -2.27. The second-order valence-electron chi connectivity index (χ2n) is 5.71. The minimum Gasteiger partial charge on any atom is -0.378 e. The molecule has 0 saturated carbocycles. The van der Waals surface area contributed by atoms with Gasteiger partial charge in [-0.3, -0.25) is 0 Å². The molecule has 21 heavy (non-hydrogen) atoms. The van der Waals surface area contributed by atoms with E-state index in [1.54, 1.807) is 0 Å². The van der Waals surface area contributed by atoms with Gasteiger partial charge in [0.2, 0.25) is 0 Å². The SMILES string of the molecule is CCCNC(CCC1CCCCO1)c1c(F)cccc1F. The van der Waals surface area contributed by atoms with Gasteiger partial charge in [-0.2, -0.15) is 0 Å². The number of hydrogen-bond acceptors (Lipinski definition) is 2. The summed E-state index contributed by atoms with van der Waals surface area (Å²) in [6, 6.07) is 3.79. The van der Waals surface area contributed by atoms with Crippen molar-refractivity contribution in [3.05, 3.63) is 35.4 Å². The fourth-order valence-corrected chi connectivity index (χ4v) is 2.90. The zero-order valence-electron chi connectivity index (χ0n) is 12.7. The van der Waals surface area contributed by atoms with Gasteiger partial charge in [0.25, 0.3) is 0 Å². The predicted molar refractivity (Wildman–Crippen MR) is 80.2 cm³/mol. The normalized spacial score (nSPS) is 20.4. The molecule has 1 aliphatic heterocycles. The zero-order chi connectivity index (χ0) is 15.1. The molecule has 0 aliphatic carbocycles. The number of nitrogens with one attached hydrogen (secondary N) is 1. The molecular formula is C17H25F2NO. The minimum atomic E-state index is -0.465. The summed E-state index contributed by atoms with van der Waals surface area (Å²) in [4.78, 5) is 0. The average Bonchev–Trinajstić information content (AvgIpc) is 2.50. The monoisotopic (exact) mass is 297 g/mol. The van der Waals surface area contributed by atoms with Gasteiger partial charge < -0.3 is 10.1 Å². The molecule has 1 saturated heterocycles. The maximum atomic E-state index is 14.0. The van der Waals surface area contributed by atoms with Gasteiger partial charge in [0, 0.05) is 18.2 Å². The first kappa shape index (κ1) is 16.4. The van der Waals surface area contributed by atoms with E-state index in [9.17, 15) is 8.78 Å². The molecule has 2 unspecified atom stereocenters. The number of ether oxygens (including phenoxy) is 1. The molecular weight excluding hydrogens is 272 g/mol. The van der Waals surface area contributed by atoms with E-state index in [2.05, 4.69) is 5.32 Å². The quantitative estimate of drug-likeness (QED) is 0.807. The van der Waals surface area contributed by atoms with Crippen LogP contribution in [-0.2, 0) is 4.74 Å². The Labute approximate surface area is 125 Å². The van der Waals surface area contributed by atoms with Crippen molar-refractivity contribution >= 4 is 0 Å². The Kier molecular flexibility index (Phi) is 6.58. The topological polar surface area (TPSA) is 21.3 Å². The standard InChI is InChI=1S/C17H25F2NO/c1-2-11-20-16(10-9-13-6-3-4-12-21-13)17-14(18)7-5-8-15(17)19/h5,7-8,13,16,20H,2-4,6,9-12H2,1H3. The van der Waals surface area contributed by atoms with Gasteiger partial charge in [0.15, 0.2) is 0 Å². The number of hydrogen-bond donors (Lipinski definition) is 1. The van der Waals surface area contributed by atoms with Crippen LogP contribution in [0.3, 0.4) is 0 Å². The van der Waals surface area contributed by atoms with E-state index in [1.807, 2.05) is 6.92 Å². The van der Waals surface area contributed by atoms with Crippen molar-refractivity contribution in [1.82, 2.24) is 5.32 Å². The van der Waals surface area contributed by atoms with Crippen molar-refractivity contribution in [2.45, 2.75) is 57.6 Å². The molecule has 1 aromatic rings. The molecule has 0 spiro atoms. The molecule has 2 nitrogen and oxygen atoms in total. The smallest absolute Gasteiger partial charge is 0.130 e. The van der Waals surface area contributed by atoms with Gasteiger partial charge in [-0.15, -0.1) is 0 Å². The molecule has 2 rings (SSSR count). The van der Waals surface area contributed by atoms with Crippen molar-refractivity contribution in [1.29, 1.82) is 0 Å². The molecule has 4 heteroatoms. The molecule has 118 valence electrons. The van der Waals surface area contributed by atoms with E-state index in [1.165, 1.54) is 24.6 Å². The highest BCUT2D eigenvalue weighted by molar-refractivity contribution is 5.23. The fourth-order valence-electron chi connectivity index (χ4n) is 2.90. The molecule has 0 amide bonds. The molecule has 0 radical (unpaired) electrons. The Bertz CT molecular complexity index is 413. The van der Waals surface area contributed by atoms with Gasteiger partial charge in [-0.05, 0) is 57.2 Å². The molecule has 1 aromatic carbocycles. The van der Waals surface area contributed by atoms with Gasteiger partial charge >= 0.3 is 0 Å². The lowest BCUT2D eigenvalue weighted by Gasteiger charge is -2.26. The van der Waals surface area contributed by atoms with Gasteiger partial charge in [-0.1, -0.05) is 13.0 Å². The van der Waals surface area contributed by atoms with E-state index in [4.69, 9.17) is 4.74 Å². The Hall–Kier alpha value is -1.00. The lowest BCUT2D eigenvalue weighted by atomic mass is 9.96. The Morgan fingerprint density at radius 3 is 2.67 bits per heavy atom. The van der Waals surface area contributed by atoms with Crippen molar-refractivity contribution in [3.63, 3.8) is 0 Å². The average molecular weight is 297 g/mol. The van der Waals surface area contributed by atoms with E-state index < -0.39 is 11.6 Å². The first-order valence-corrected chi connectivity index (χ1v) is 8.01. The maximum Gasteiger partial charge on any atom is 0.130 e. The predicted octanol–water partition coefficient (Wildman–Crippen LogP) is 4.35. The second kappa shape index (κ2) is 8.44. The van der Waals surface area contributed by atoms with E-state index in [-0.39, 0.29) is 17.7 Å². The molecule has 1 aliphatic rings. The summed E-state index contributed by atoms with van der Waals surface area (Å²) in [6.45, 7) is 3.61. The van der Waals surface area contributed by atoms with Gasteiger partial charge in [0.1, 0.15) is 11.6 Å². The lowest BCUT2D eigenvalue weighted by molar-refractivity contribution is 0.00842. The Morgan fingerprint density at radius 1 is 1.29 bits per heavy atom. The third kappa shape index (κ3) is 4.75. The van der Waals surface area contributed by atoms with Crippen LogP contribution in [0.4, 0.5) is 8.78 Å². The number of rotatable bonds is 7. The summed E-state index contributed by atoms with van der Waals surface area (Å²) in [5, 5.41) is 3.27.